The molecular weight excluding hydrogens is 444 g/mol. The lowest BCUT2D eigenvalue weighted by Gasteiger charge is -2.38. The topological polar surface area (TPSA) is 95.9 Å². The van der Waals surface area contributed by atoms with E-state index in [9.17, 15) is 19.5 Å². The number of carboxylic acids is 1. The third kappa shape index (κ3) is 5.34. The van der Waals surface area contributed by atoms with Crippen molar-refractivity contribution in [1.82, 2.24) is 10.2 Å². The molecule has 0 bridgehead atoms. The normalized spacial score (nSPS) is 20.0. The molecule has 2 aliphatic rings. The third-order valence-corrected chi connectivity index (χ3v) is 7.35. The molecule has 0 saturated carbocycles. The molecule has 3 atom stereocenters. The molecule has 0 radical (unpaired) electrons. The Hall–Kier alpha value is -3.35. The fraction of sp³-hybridized carbons (Fsp3) is 0.464. The lowest BCUT2D eigenvalue weighted by Crippen LogP contribution is -2.50. The van der Waals surface area contributed by atoms with Crippen molar-refractivity contribution in [2.45, 2.75) is 64.0 Å². The number of rotatable bonds is 8. The van der Waals surface area contributed by atoms with E-state index in [1.807, 2.05) is 31.2 Å². The van der Waals surface area contributed by atoms with Gasteiger partial charge in [-0.05, 0) is 48.4 Å². The molecule has 1 fully saturated rings. The van der Waals surface area contributed by atoms with Gasteiger partial charge in [0.25, 0.3) is 0 Å². The SMILES string of the molecule is CCC[C@H](CC(=O)N1CCC[C@@H](C(=O)O)[C@H]1C)NC(=O)OCC1c2ccccc2-c2ccccc21. The number of benzene rings is 2. The number of aliphatic carboxylic acids is 1. The van der Waals surface area contributed by atoms with Crippen LogP contribution in [0.4, 0.5) is 4.79 Å². The van der Waals surface area contributed by atoms with E-state index >= 15 is 0 Å². The zero-order valence-corrected chi connectivity index (χ0v) is 20.4. The summed E-state index contributed by atoms with van der Waals surface area (Å²) in [5, 5.41) is 12.3. The van der Waals surface area contributed by atoms with E-state index in [1.165, 1.54) is 11.1 Å². The second kappa shape index (κ2) is 10.9. The summed E-state index contributed by atoms with van der Waals surface area (Å²) < 4.78 is 5.66. The maximum absolute atomic E-state index is 13.0. The molecule has 1 saturated heterocycles. The number of carbonyl (C=O) groups excluding carboxylic acids is 2. The first-order valence-electron chi connectivity index (χ1n) is 12.5. The monoisotopic (exact) mass is 478 g/mol. The first-order valence-corrected chi connectivity index (χ1v) is 12.5. The van der Waals surface area contributed by atoms with Crippen LogP contribution < -0.4 is 5.32 Å². The van der Waals surface area contributed by atoms with Crippen molar-refractivity contribution in [2.24, 2.45) is 5.92 Å². The average Bonchev–Trinajstić information content (AvgIpc) is 3.16. The molecule has 35 heavy (non-hydrogen) atoms. The van der Waals surface area contributed by atoms with Gasteiger partial charge in [-0.25, -0.2) is 4.79 Å². The van der Waals surface area contributed by atoms with E-state index in [0.29, 0.717) is 25.8 Å². The fourth-order valence-corrected chi connectivity index (χ4v) is 5.53. The van der Waals surface area contributed by atoms with Gasteiger partial charge in [0.15, 0.2) is 0 Å². The molecule has 7 nitrogen and oxygen atoms in total. The van der Waals surface area contributed by atoms with E-state index in [1.54, 1.807) is 11.8 Å². The molecule has 1 aliphatic heterocycles. The summed E-state index contributed by atoms with van der Waals surface area (Å²) in [4.78, 5) is 38.9. The average molecular weight is 479 g/mol. The lowest BCUT2D eigenvalue weighted by atomic mass is 9.90. The van der Waals surface area contributed by atoms with Gasteiger partial charge < -0.3 is 20.1 Å². The maximum Gasteiger partial charge on any atom is 0.407 e. The molecule has 1 aliphatic carbocycles. The molecule has 2 amide bonds. The van der Waals surface area contributed by atoms with Crippen LogP contribution in [0.15, 0.2) is 48.5 Å². The summed E-state index contributed by atoms with van der Waals surface area (Å²) in [6, 6.07) is 15.6. The number of hydrogen-bond acceptors (Lipinski definition) is 4. The Morgan fingerprint density at radius 3 is 2.31 bits per heavy atom. The van der Waals surface area contributed by atoms with Crippen LogP contribution in [-0.4, -0.2) is 53.2 Å². The first-order chi connectivity index (χ1) is 16.9. The number of piperidine rings is 1. The van der Waals surface area contributed by atoms with Crippen molar-refractivity contribution < 1.29 is 24.2 Å². The van der Waals surface area contributed by atoms with Crippen molar-refractivity contribution in [1.29, 1.82) is 0 Å². The Morgan fingerprint density at radius 2 is 1.71 bits per heavy atom. The number of amides is 2. The van der Waals surface area contributed by atoms with Crippen LogP contribution in [-0.2, 0) is 14.3 Å². The lowest BCUT2D eigenvalue weighted by molar-refractivity contribution is -0.149. The molecular formula is C28H34N2O5. The number of fused-ring (bicyclic) bond motifs is 3. The predicted molar refractivity (Wildman–Crippen MR) is 133 cm³/mol. The van der Waals surface area contributed by atoms with E-state index < -0.39 is 18.0 Å². The van der Waals surface area contributed by atoms with Crippen LogP contribution >= 0.6 is 0 Å². The molecule has 2 aromatic rings. The van der Waals surface area contributed by atoms with Gasteiger partial charge in [0.2, 0.25) is 5.91 Å². The highest BCUT2D eigenvalue weighted by Gasteiger charge is 2.36. The minimum atomic E-state index is -0.864. The van der Waals surface area contributed by atoms with E-state index in [0.717, 1.165) is 17.5 Å². The Kier molecular flexibility index (Phi) is 7.73. The number of likely N-dealkylation sites (tertiary alicyclic amines) is 1. The van der Waals surface area contributed by atoms with Crippen molar-refractivity contribution in [2.75, 3.05) is 13.2 Å². The standard InChI is InChI=1S/C28H34N2O5/c1-3-9-19(16-26(31)30-15-8-14-20(18(30)2)27(32)33)29-28(34)35-17-25-23-12-6-4-10-21(23)22-11-5-7-13-24(22)25/h4-7,10-13,18-20,25H,3,8-9,14-17H2,1-2H3,(H,29,34)(H,32,33)/t18-,19-,20-/m1/s1. The highest BCUT2D eigenvalue weighted by Crippen LogP contribution is 2.44. The highest BCUT2D eigenvalue weighted by molar-refractivity contribution is 5.81. The molecule has 2 aromatic carbocycles. The second-order valence-corrected chi connectivity index (χ2v) is 9.57. The van der Waals surface area contributed by atoms with Crippen LogP contribution in [0.25, 0.3) is 11.1 Å². The van der Waals surface area contributed by atoms with Crippen molar-refractivity contribution in [3.05, 3.63) is 59.7 Å². The molecule has 1 heterocycles. The van der Waals surface area contributed by atoms with Gasteiger partial charge in [0, 0.05) is 31.0 Å². The van der Waals surface area contributed by atoms with Gasteiger partial charge in [0.1, 0.15) is 6.61 Å². The van der Waals surface area contributed by atoms with Crippen molar-refractivity contribution >= 4 is 18.0 Å². The number of carboxylic acid groups (broad SMARTS) is 1. The molecule has 2 N–H and O–H groups in total. The Bertz CT molecular complexity index is 1040. The van der Waals surface area contributed by atoms with E-state index in [-0.39, 0.29) is 36.9 Å². The van der Waals surface area contributed by atoms with Gasteiger partial charge in [-0.2, -0.15) is 0 Å². The third-order valence-electron chi connectivity index (χ3n) is 7.35. The van der Waals surface area contributed by atoms with Gasteiger partial charge in [0.05, 0.1) is 5.92 Å². The van der Waals surface area contributed by atoms with Crippen LogP contribution in [0.3, 0.4) is 0 Å². The van der Waals surface area contributed by atoms with E-state index in [4.69, 9.17) is 4.74 Å². The zero-order chi connectivity index (χ0) is 24.9. The number of nitrogens with zero attached hydrogens (tertiary/aromatic N) is 1. The Morgan fingerprint density at radius 1 is 1.09 bits per heavy atom. The van der Waals surface area contributed by atoms with Gasteiger partial charge in [-0.1, -0.05) is 61.9 Å². The Balaban J connectivity index is 1.36. The van der Waals surface area contributed by atoms with Crippen LogP contribution in [0, 0.1) is 5.92 Å². The van der Waals surface area contributed by atoms with Gasteiger partial charge in [-0.15, -0.1) is 0 Å². The zero-order valence-electron chi connectivity index (χ0n) is 20.4. The van der Waals surface area contributed by atoms with Crippen LogP contribution in [0.1, 0.15) is 63.0 Å². The maximum atomic E-state index is 13.0. The number of carbonyl (C=O) groups is 3. The summed E-state index contributed by atoms with van der Waals surface area (Å²) in [5.41, 5.74) is 4.63. The molecule has 0 spiro atoms. The number of nitrogens with one attached hydrogen (secondary N) is 1. The number of alkyl carbamates (subject to hydrolysis) is 1. The summed E-state index contributed by atoms with van der Waals surface area (Å²) in [5.74, 6) is -1.56. The van der Waals surface area contributed by atoms with Crippen LogP contribution in [0.5, 0.6) is 0 Å². The Labute approximate surface area is 206 Å². The minimum absolute atomic E-state index is 0.0263. The summed E-state index contributed by atoms with van der Waals surface area (Å²) in [6.07, 6.45) is 2.29. The van der Waals surface area contributed by atoms with E-state index in [2.05, 4.69) is 29.6 Å². The molecule has 0 unspecified atom stereocenters. The first kappa shape index (κ1) is 24.8. The smallest absolute Gasteiger partial charge is 0.407 e. The second-order valence-electron chi connectivity index (χ2n) is 9.57. The highest BCUT2D eigenvalue weighted by atomic mass is 16.5. The number of ether oxygens (including phenoxy) is 1. The largest absolute Gasteiger partial charge is 0.481 e. The molecule has 4 rings (SSSR count). The van der Waals surface area contributed by atoms with Crippen LogP contribution in [0.2, 0.25) is 0 Å². The van der Waals surface area contributed by atoms with Gasteiger partial charge in [-0.3, -0.25) is 9.59 Å². The fourth-order valence-electron chi connectivity index (χ4n) is 5.53. The quantitative estimate of drug-likeness (QED) is 0.568. The van der Waals surface area contributed by atoms with Crippen molar-refractivity contribution in [3.63, 3.8) is 0 Å². The number of hydrogen-bond donors (Lipinski definition) is 2. The molecule has 0 aromatic heterocycles. The summed E-state index contributed by atoms with van der Waals surface area (Å²) in [7, 11) is 0. The van der Waals surface area contributed by atoms with Gasteiger partial charge >= 0.3 is 12.1 Å². The minimum Gasteiger partial charge on any atom is -0.481 e. The predicted octanol–water partition coefficient (Wildman–Crippen LogP) is 4.80. The summed E-state index contributed by atoms with van der Waals surface area (Å²) >= 11 is 0. The van der Waals surface area contributed by atoms with Crippen molar-refractivity contribution in [3.8, 4) is 11.1 Å². The molecule has 186 valence electrons. The summed E-state index contributed by atoms with van der Waals surface area (Å²) in [6.45, 7) is 4.56. The molecule has 7 heteroatoms.